The third-order valence-electron chi connectivity index (χ3n) is 4.89. The predicted molar refractivity (Wildman–Crippen MR) is 130 cm³/mol. The van der Waals surface area contributed by atoms with Crippen molar-refractivity contribution in [2.24, 2.45) is 4.99 Å². The van der Waals surface area contributed by atoms with Crippen LogP contribution >= 0.6 is 24.0 Å². The smallest absolute Gasteiger partial charge is 0.191 e. The van der Waals surface area contributed by atoms with Crippen molar-refractivity contribution in [3.8, 4) is 5.75 Å². The fourth-order valence-electron chi connectivity index (χ4n) is 3.34. The van der Waals surface area contributed by atoms with Crippen LogP contribution in [0, 0.1) is 6.92 Å². The Morgan fingerprint density at radius 2 is 1.90 bits per heavy atom. The van der Waals surface area contributed by atoms with Gasteiger partial charge >= 0.3 is 0 Å². The minimum atomic E-state index is 0. The van der Waals surface area contributed by atoms with Gasteiger partial charge in [-0.05, 0) is 49.9 Å². The summed E-state index contributed by atoms with van der Waals surface area (Å²) in [6.07, 6.45) is 4.47. The van der Waals surface area contributed by atoms with Crippen molar-refractivity contribution in [1.82, 2.24) is 15.6 Å². The van der Waals surface area contributed by atoms with Crippen molar-refractivity contribution in [3.05, 3.63) is 53.2 Å². The number of guanidine groups is 1. The average molecular weight is 509 g/mol. The molecule has 0 spiro atoms. The third kappa shape index (κ3) is 6.76. The summed E-state index contributed by atoms with van der Waals surface area (Å²) in [4.78, 5) is 11.3. The van der Waals surface area contributed by atoms with Crippen LogP contribution < -0.4 is 20.3 Å². The Labute approximate surface area is 191 Å². The SMILES string of the molecule is CCOc1cc(C)ccc1CNC(=NC)NCc1ccc(N2CCCC2)nc1.I. The molecule has 1 aromatic carbocycles. The first-order chi connectivity index (χ1) is 13.7. The Morgan fingerprint density at radius 1 is 1.14 bits per heavy atom. The highest BCUT2D eigenvalue weighted by Gasteiger charge is 2.13. The van der Waals surface area contributed by atoms with Crippen molar-refractivity contribution in [3.63, 3.8) is 0 Å². The number of rotatable bonds is 7. The third-order valence-corrected chi connectivity index (χ3v) is 4.89. The topological polar surface area (TPSA) is 61.8 Å². The van der Waals surface area contributed by atoms with E-state index in [1.165, 1.54) is 18.4 Å². The molecule has 1 aromatic heterocycles. The summed E-state index contributed by atoms with van der Waals surface area (Å²) >= 11 is 0. The van der Waals surface area contributed by atoms with E-state index >= 15 is 0 Å². The van der Waals surface area contributed by atoms with Crippen LogP contribution in [0.1, 0.15) is 36.5 Å². The Bertz CT molecular complexity index is 788. The van der Waals surface area contributed by atoms with Crippen molar-refractivity contribution in [2.75, 3.05) is 31.6 Å². The summed E-state index contributed by atoms with van der Waals surface area (Å²) in [6, 6.07) is 10.5. The van der Waals surface area contributed by atoms with Gasteiger partial charge < -0.3 is 20.3 Å². The van der Waals surface area contributed by atoms with Gasteiger partial charge in [-0.15, -0.1) is 24.0 Å². The van der Waals surface area contributed by atoms with E-state index in [1.54, 1.807) is 7.05 Å². The van der Waals surface area contributed by atoms with Crippen LogP contribution in [0.25, 0.3) is 0 Å². The fraction of sp³-hybridized carbons (Fsp3) is 0.455. The monoisotopic (exact) mass is 509 g/mol. The normalized spacial score (nSPS) is 13.8. The predicted octanol–water partition coefficient (Wildman–Crippen LogP) is 3.87. The molecule has 2 heterocycles. The van der Waals surface area contributed by atoms with Crippen LogP contribution in [-0.2, 0) is 13.1 Å². The van der Waals surface area contributed by atoms with E-state index in [1.807, 2.05) is 13.1 Å². The number of benzene rings is 1. The lowest BCUT2D eigenvalue weighted by molar-refractivity contribution is 0.336. The molecule has 3 rings (SSSR count). The first-order valence-electron chi connectivity index (χ1n) is 10.1. The number of aliphatic imine (C=N–C) groups is 1. The van der Waals surface area contributed by atoms with Gasteiger partial charge in [0.1, 0.15) is 11.6 Å². The van der Waals surface area contributed by atoms with Crippen LogP contribution in [0.5, 0.6) is 5.75 Å². The van der Waals surface area contributed by atoms with Crippen molar-refractivity contribution >= 4 is 35.8 Å². The van der Waals surface area contributed by atoms with Crippen molar-refractivity contribution in [1.29, 1.82) is 0 Å². The molecule has 1 aliphatic rings. The average Bonchev–Trinajstić information content (AvgIpc) is 3.25. The van der Waals surface area contributed by atoms with E-state index in [0.717, 1.165) is 41.7 Å². The molecule has 6 nitrogen and oxygen atoms in total. The highest BCUT2D eigenvalue weighted by molar-refractivity contribution is 14.0. The van der Waals surface area contributed by atoms with E-state index in [4.69, 9.17) is 4.74 Å². The largest absolute Gasteiger partial charge is 0.494 e. The number of aryl methyl sites for hydroxylation is 1. The van der Waals surface area contributed by atoms with E-state index in [-0.39, 0.29) is 24.0 Å². The Hall–Kier alpha value is -2.03. The number of ether oxygens (including phenoxy) is 1. The lowest BCUT2D eigenvalue weighted by Crippen LogP contribution is -2.36. The van der Waals surface area contributed by atoms with Crippen LogP contribution in [-0.4, -0.2) is 37.7 Å². The van der Waals surface area contributed by atoms with E-state index in [0.29, 0.717) is 19.7 Å². The van der Waals surface area contributed by atoms with Gasteiger partial charge in [-0.1, -0.05) is 18.2 Å². The molecule has 1 fully saturated rings. The van der Waals surface area contributed by atoms with Crippen molar-refractivity contribution in [2.45, 2.75) is 39.8 Å². The highest BCUT2D eigenvalue weighted by Crippen LogP contribution is 2.20. The number of nitrogens with zero attached hydrogens (tertiary/aromatic N) is 3. The minimum absolute atomic E-state index is 0. The molecule has 0 saturated carbocycles. The molecule has 29 heavy (non-hydrogen) atoms. The number of nitrogens with one attached hydrogen (secondary N) is 2. The minimum Gasteiger partial charge on any atom is -0.494 e. The Kier molecular flexibility index (Phi) is 9.50. The molecule has 0 amide bonds. The van der Waals surface area contributed by atoms with Gasteiger partial charge in [-0.2, -0.15) is 0 Å². The number of halogens is 1. The summed E-state index contributed by atoms with van der Waals surface area (Å²) < 4.78 is 5.75. The molecule has 0 bridgehead atoms. The maximum Gasteiger partial charge on any atom is 0.191 e. The summed E-state index contributed by atoms with van der Waals surface area (Å²) in [7, 11) is 1.78. The molecular formula is C22H32IN5O. The second kappa shape index (κ2) is 11.8. The molecular weight excluding hydrogens is 477 g/mol. The molecule has 2 aromatic rings. The second-order valence-electron chi connectivity index (χ2n) is 7.04. The summed E-state index contributed by atoms with van der Waals surface area (Å²) in [6.45, 7) is 8.30. The molecule has 1 saturated heterocycles. The second-order valence-corrected chi connectivity index (χ2v) is 7.04. The quantitative estimate of drug-likeness (QED) is 0.337. The molecule has 0 radical (unpaired) electrons. The van der Waals surface area contributed by atoms with Gasteiger partial charge in [-0.25, -0.2) is 4.98 Å². The van der Waals surface area contributed by atoms with E-state index in [2.05, 4.69) is 62.8 Å². The number of anilines is 1. The van der Waals surface area contributed by atoms with Crippen LogP contribution in [0.3, 0.4) is 0 Å². The number of hydrogen-bond donors (Lipinski definition) is 2. The van der Waals surface area contributed by atoms with Gasteiger partial charge in [0.05, 0.1) is 6.61 Å². The number of hydrogen-bond acceptors (Lipinski definition) is 4. The fourth-order valence-corrected chi connectivity index (χ4v) is 3.34. The number of aromatic nitrogens is 1. The first-order valence-corrected chi connectivity index (χ1v) is 10.1. The zero-order chi connectivity index (χ0) is 19.8. The molecule has 2 N–H and O–H groups in total. The summed E-state index contributed by atoms with van der Waals surface area (Å²) in [5.41, 5.74) is 3.45. The molecule has 0 aliphatic carbocycles. The Balaban J connectivity index is 0.00000300. The molecule has 7 heteroatoms. The molecule has 1 aliphatic heterocycles. The summed E-state index contributed by atoms with van der Waals surface area (Å²) in [5.74, 6) is 2.75. The van der Waals surface area contributed by atoms with Crippen LogP contribution in [0.15, 0.2) is 41.5 Å². The van der Waals surface area contributed by atoms with Gasteiger partial charge in [0, 0.05) is 45.0 Å². The van der Waals surface area contributed by atoms with E-state index in [9.17, 15) is 0 Å². The van der Waals surface area contributed by atoms with Gasteiger partial charge in [0.2, 0.25) is 0 Å². The number of pyridine rings is 1. The molecule has 0 atom stereocenters. The zero-order valence-electron chi connectivity index (χ0n) is 17.6. The van der Waals surface area contributed by atoms with E-state index < -0.39 is 0 Å². The lowest BCUT2D eigenvalue weighted by Gasteiger charge is -2.17. The highest BCUT2D eigenvalue weighted by atomic mass is 127. The van der Waals surface area contributed by atoms with Crippen molar-refractivity contribution < 1.29 is 4.74 Å². The molecule has 0 unspecified atom stereocenters. The zero-order valence-corrected chi connectivity index (χ0v) is 19.9. The summed E-state index contributed by atoms with van der Waals surface area (Å²) in [5, 5.41) is 6.71. The van der Waals surface area contributed by atoms with Crippen LogP contribution in [0.2, 0.25) is 0 Å². The van der Waals surface area contributed by atoms with Gasteiger partial charge in [0.15, 0.2) is 5.96 Å². The Morgan fingerprint density at radius 3 is 2.55 bits per heavy atom. The first kappa shape index (κ1) is 23.3. The lowest BCUT2D eigenvalue weighted by atomic mass is 10.1. The standard InChI is InChI=1S/C22H31N5O.HI/c1-4-28-20-13-17(2)7-9-19(20)16-26-22(23-3)25-15-18-8-10-21(24-14-18)27-11-5-6-12-27;/h7-10,13-14H,4-6,11-12,15-16H2,1-3H3,(H2,23,25,26);1H. The van der Waals surface area contributed by atoms with Gasteiger partial charge in [0.25, 0.3) is 0 Å². The van der Waals surface area contributed by atoms with Crippen LogP contribution in [0.4, 0.5) is 5.82 Å². The maximum absolute atomic E-state index is 5.75. The van der Waals surface area contributed by atoms with Gasteiger partial charge in [-0.3, -0.25) is 4.99 Å². The maximum atomic E-state index is 5.75. The molecule has 158 valence electrons.